The van der Waals surface area contributed by atoms with Crippen molar-refractivity contribution >= 4 is 17.7 Å². The van der Waals surface area contributed by atoms with E-state index in [1.165, 1.54) is 7.11 Å². The van der Waals surface area contributed by atoms with Crippen LogP contribution in [-0.2, 0) is 16.1 Å². The lowest BCUT2D eigenvalue weighted by atomic mass is 10.2. The SMILES string of the molecule is COC(=O)CC1CSCCN1Cc1cc(C)no1. The van der Waals surface area contributed by atoms with Crippen LogP contribution in [-0.4, -0.2) is 47.2 Å². The maximum atomic E-state index is 11.4. The standard InChI is InChI=1S/C12H18N2O3S/c1-9-5-11(17-13-9)7-14-3-4-18-8-10(14)6-12(15)16-2/h5,10H,3-4,6-8H2,1-2H3. The predicted molar refractivity (Wildman–Crippen MR) is 69.4 cm³/mol. The number of aromatic nitrogens is 1. The molecule has 0 radical (unpaired) electrons. The number of carbonyl (C=O) groups excluding carboxylic acids is 1. The molecule has 0 saturated carbocycles. The highest BCUT2D eigenvalue weighted by Crippen LogP contribution is 2.21. The minimum Gasteiger partial charge on any atom is -0.469 e. The van der Waals surface area contributed by atoms with Gasteiger partial charge in [0.15, 0.2) is 5.76 Å². The number of thioether (sulfide) groups is 1. The molecule has 1 fully saturated rings. The Kier molecular flexibility index (Phi) is 4.66. The third-order valence-corrected chi connectivity index (χ3v) is 4.11. The molecule has 0 aromatic carbocycles. The van der Waals surface area contributed by atoms with E-state index in [-0.39, 0.29) is 12.0 Å². The Bertz CT molecular complexity index is 408. The first-order valence-corrected chi connectivity index (χ1v) is 7.15. The Hall–Kier alpha value is -1.01. The first-order chi connectivity index (χ1) is 8.69. The van der Waals surface area contributed by atoms with Crippen molar-refractivity contribution in [3.8, 4) is 0 Å². The number of hydrogen-bond donors (Lipinski definition) is 0. The second kappa shape index (κ2) is 6.24. The van der Waals surface area contributed by atoms with Crippen molar-refractivity contribution in [1.82, 2.24) is 10.1 Å². The molecule has 1 aromatic rings. The number of nitrogens with zero attached hydrogens (tertiary/aromatic N) is 2. The number of aryl methyl sites for hydroxylation is 1. The lowest BCUT2D eigenvalue weighted by Crippen LogP contribution is -2.43. The van der Waals surface area contributed by atoms with E-state index in [0.717, 1.165) is 29.5 Å². The van der Waals surface area contributed by atoms with Crippen molar-refractivity contribution in [2.24, 2.45) is 0 Å². The number of rotatable bonds is 4. The van der Waals surface area contributed by atoms with Crippen LogP contribution in [0.4, 0.5) is 0 Å². The van der Waals surface area contributed by atoms with E-state index >= 15 is 0 Å². The highest BCUT2D eigenvalue weighted by molar-refractivity contribution is 7.99. The summed E-state index contributed by atoms with van der Waals surface area (Å²) in [6.07, 6.45) is 0.441. The van der Waals surface area contributed by atoms with Crippen LogP contribution in [0, 0.1) is 6.92 Å². The molecule has 0 spiro atoms. The molecule has 0 aliphatic carbocycles. The molecule has 1 unspecified atom stereocenters. The van der Waals surface area contributed by atoms with Crippen molar-refractivity contribution in [1.29, 1.82) is 0 Å². The van der Waals surface area contributed by atoms with Gasteiger partial charge in [-0.2, -0.15) is 11.8 Å². The summed E-state index contributed by atoms with van der Waals surface area (Å²) in [4.78, 5) is 13.7. The Labute approximate surface area is 111 Å². The molecule has 2 rings (SSSR count). The highest BCUT2D eigenvalue weighted by atomic mass is 32.2. The van der Waals surface area contributed by atoms with Crippen LogP contribution in [0.15, 0.2) is 10.6 Å². The Balaban J connectivity index is 1.96. The molecule has 2 heterocycles. The molecule has 1 saturated heterocycles. The lowest BCUT2D eigenvalue weighted by molar-refractivity contribution is -0.142. The fourth-order valence-electron chi connectivity index (χ4n) is 2.05. The molecule has 100 valence electrons. The van der Waals surface area contributed by atoms with Gasteiger partial charge >= 0.3 is 5.97 Å². The number of esters is 1. The van der Waals surface area contributed by atoms with Crippen LogP contribution < -0.4 is 0 Å². The summed E-state index contributed by atoms with van der Waals surface area (Å²) in [5.41, 5.74) is 0.890. The van der Waals surface area contributed by atoms with E-state index in [1.54, 1.807) is 0 Å². The van der Waals surface area contributed by atoms with Crippen molar-refractivity contribution < 1.29 is 14.1 Å². The highest BCUT2D eigenvalue weighted by Gasteiger charge is 2.26. The van der Waals surface area contributed by atoms with E-state index in [2.05, 4.69) is 10.1 Å². The maximum absolute atomic E-state index is 11.4. The Morgan fingerprint density at radius 1 is 1.72 bits per heavy atom. The fourth-order valence-corrected chi connectivity index (χ4v) is 3.18. The van der Waals surface area contributed by atoms with Crippen LogP contribution in [0.3, 0.4) is 0 Å². The van der Waals surface area contributed by atoms with E-state index in [1.807, 2.05) is 24.8 Å². The van der Waals surface area contributed by atoms with Crippen LogP contribution in [0.5, 0.6) is 0 Å². The average molecular weight is 270 g/mol. The molecule has 1 aromatic heterocycles. The van der Waals surface area contributed by atoms with E-state index in [4.69, 9.17) is 9.26 Å². The monoisotopic (exact) mass is 270 g/mol. The van der Waals surface area contributed by atoms with Gasteiger partial charge in [0.05, 0.1) is 25.8 Å². The number of methoxy groups -OCH3 is 1. The third-order valence-electron chi connectivity index (χ3n) is 3.02. The van der Waals surface area contributed by atoms with Crippen molar-refractivity contribution in [3.05, 3.63) is 17.5 Å². The van der Waals surface area contributed by atoms with Gasteiger partial charge in [-0.05, 0) is 6.92 Å². The summed E-state index contributed by atoms with van der Waals surface area (Å²) in [6.45, 7) is 3.58. The first-order valence-electron chi connectivity index (χ1n) is 6.00. The quantitative estimate of drug-likeness (QED) is 0.772. The number of hydrogen-bond acceptors (Lipinski definition) is 6. The topological polar surface area (TPSA) is 55.6 Å². The van der Waals surface area contributed by atoms with Gasteiger partial charge in [-0.15, -0.1) is 0 Å². The maximum Gasteiger partial charge on any atom is 0.307 e. The van der Waals surface area contributed by atoms with E-state index < -0.39 is 0 Å². The predicted octanol–water partition coefficient (Wildman–Crippen LogP) is 1.46. The van der Waals surface area contributed by atoms with Gasteiger partial charge in [0.2, 0.25) is 0 Å². The van der Waals surface area contributed by atoms with Gasteiger partial charge in [-0.25, -0.2) is 0 Å². The first kappa shape index (κ1) is 13.4. The largest absolute Gasteiger partial charge is 0.469 e. The van der Waals surface area contributed by atoms with E-state index in [9.17, 15) is 4.79 Å². The van der Waals surface area contributed by atoms with Crippen LogP contribution in [0.25, 0.3) is 0 Å². The third kappa shape index (κ3) is 3.49. The van der Waals surface area contributed by atoms with Gasteiger partial charge in [0, 0.05) is 30.2 Å². The second-order valence-electron chi connectivity index (χ2n) is 4.41. The Morgan fingerprint density at radius 3 is 3.22 bits per heavy atom. The number of ether oxygens (including phenoxy) is 1. The molecule has 0 N–H and O–H groups in total. The minimum absolute atomic E-state index is 0.152. The molecule has 1 aliphatic rings. The lowest BCUT2D eigenvalue weighted by Gasteiger charge is -2.33. The molecule has 1 atom stereocenters. The van der Waals surface area contributed by atoms with Gasteiger partial charge < -0.3 is 9.26 Å². The zero-order valence-corrected chi connectivity index (χ0v) is 11.5. The summed E-state index contributed by atoms with van der Waals surface area (Å²) < 4.78 is 9.98. The van der Waals surface area contributed by atoms with Crippen molar-refractivity contribution in [3.63, 3.8) is 0 Å². The van der Waals surface area contributed by atoms with Crippen molar-refractivity contribution in [2.75, 3.05) is 25.2 Å². The molecular weight excluding hydrogens is 252 g/mol. The van der Waals surface area contributed by atoms with Crippen LogP contribution >= 0.6 is 11.8 Å². The molecule has 18 heavy (non-hydrogen) atoms. The summed E-state index contributed by atoms with van der Waals surface area (Å²) in [5, 5.41) is 3.89. The molecule has 0 bridgehead atoms. The van der Waals surface area contributed by atoms with E-state index in [0.29, 0.717) is 13.0 Å². The normalized spacial score (nSPS) is 20.9. The number of carbonyl (C=O) groups is 1. The molecule has 1 aliphatic heterocycles. The summed E-state index contributed by atoms with van der Waals surface area (Å²) in [6, 6.07) is 2.17. The summed E-state index contributed by atoms with van der Waals surface area (Å²) in [5.74, 6) is 2.75. The van der Waals surface area contributed by atoms with Gasteiger partial charge in [-0.1, -0.05) is 5.16 Å². The molecule has 0 amide bonds. The van der Waals surface area contributed by atoms with Crippen LogP contribution in [0.2, 0.25) is 0 Å². The smallest absolute Gasteiger partial charge is 0.307 e. The summed E-state index contributed by atoms with van der Waals surface area (Å²) >= 11 is 1.88. The summed E-state index contributed by atoms with van der Waals surface area (Å²) in [7, 11) is 1.43. The average Bonchev–Trinajstić information content (AvgIpc) is 2.77. The van der Waals surface area contributed by atoms with Crippen molar-refractivity contribution in [2.45, 2.75) is 25.9 Å². The molecular formula is C12H18N2O3S. The zero-order chi connectivity index (χ0) is 13.0. The van der Waals surface area contributed by atoms with Gasteiger partial charge in [0.25, 0.3) is 0 Å². The second-order valence-corrected chi connectivity index (χ2v) is 5.56. The van der Waals surface area contributed by atoms with Gasteiger partial charge in [0.1, 0.15) is 0 Å². The molecule has 5 nitrogen and oxygen atoms in total. The Morgan fingerprint density at radius 2 is 2.56 bits per heavy atom. The molecule has 6 heteroatoms. The fraction of sp³-hybridized carbons (Fsp3) is 0.667. The van der Waals surface area contributed by atoms with Gasteiger partial charge in [-0.3, -0.25) is 9.69 Å². The minimum atomic E-state index is -0.152. The zero-order valence-electron chi connectivity index (χ0n) is 10.7. The van der Waals surface area contributed by atoms with Crippen LogP contribution in [0.1, 0.15) is 17.9 Å².